The Bertz CT molecular complexity index is 560. The number of aryl methyl sites for hydroxylation is 2. The summed E-state index contributed by atoms with van der Waals surface area (Å²) in [6.45, 7) is 3.81. The van der Waals surface area contributed by atoms with Gasteiger partial charge in [0.2, 0.25) is 0 Å². The molecule has 2 aromatic rings. The fourth-order valence-corrected chi connectivity index (χ4v) is 1.87. The van der Waals surface area contributed by atoms with Crippen LogP contribution in [0.1, 0.15) is 21.7 Å². The maximum atomic E-state index is 11.9. The van der Waals surface area contributed by atoms with Crippen molar-refractivity contribution in [1.82, 2.24) is 0 Å². The molecule has 1 heterocycles. The number of rotatable bonds is 2. The summed E-state index contributed by atoms with van der Waals surface area (Å²) in [6, 6.07) is 7.54. The van der Waals surface area contributed by atoms with Gasteiger partial charge in [-0.15, -0.1) is 0 Å². The molecule has 0 saturated carbocycles. The zero-order chi connectivity index (χ0) is 12.4. The number of nitrogens with one attached hydrogen (secondary N) is 1. The first-order valence-electron chi connectivity index (χ1n) is 5.19. The molecule has 0 bridgehead atoms. The third kappa shape index (κ3) is 2.58. The van der Waals surface area contributed by atoms with E-state index in [0.29, 0.717) is 5.76 Å². The van der Waals surface area contributed by atoms with Crippen molar-refractivity contribution < 1.29 is 9.21 Å². The van der Waals surface area contributed by atoms with Crippen molar-refractivity contribution in [1.29, 1.82) is 0 Å². The topological polar surface area (TPSA) is 42.2 Å². The minimum Gasteiger partial charge on any atom is -0.459 e. The van der Waals surface area contributed by atoms with E-state index in [4.69, 9.17) is 4.42 Å². The maximum Gasteiger partial charge on any atom is 0.291 e. The number of benzene rings is 1. The monoisotopic (exact) mass is 293 g/mol. The zero-order valence-electron chi connectivity index (χ0n) is 9.58. The Labute approximate surface area is 108 Å². The highest BCUT2D eigenvalue weighted by molar-refractivity contribution is 9.10. The van der Waals surface area contributed by atoms with Gasteiger partial charge in [-0.1, -0.05) is 6.07 Å². The van der Waals surface area contributed by atoms with Crippen LogP contribution in [0.25, 0.3) is 0 Å². The van der Waals surface area contributed by atoms with E-state index in [1.54, 1.807) is 6.07 Å². The van der Waals surface area contributed by atoms with Crippen LogP contribution in [0.3, 0.4) is 0 Å². The van der Waals surface area contributed by atoms with Gasteiger partial charge >= 0.3 is 0 Å². The van der Waals surface area contributed by atoms with Crippen molar-refractivity contribution in [3.63, 3.8) is 0 Å². The van der Waals surface area contributed by atoms with E-state index in [9.17, 15) is 4.79 Å². The molecule has 2 rings (SSSR count). The molecule has 1 aromatic carbocycles. The van der Waals surface area contributed by atoms with Crippen LogP contribution >= 0.6 is 15.9 Å². The lowest BCUT2D eigenvalue weighted by Crippen LogP contribution is -2.12. The first-order chi connectivity index (χ1) is 8.08. The quantitative estimate of drug-likeness (QED) is 0.912. The Morgan fingerprint density at radius 1 is 1.29 bits per heavy atom. The van der Waals surface area contributed by atoms with Gasteiger partial charge in [-0.3, -0.25) is 4.79 Å². The lowest BCUT2D eigenvalue weighted by Gasteiger charge is -2.07. The molecule has 0 saturated heterocycles. The molecule has 0 atom stereocenters. The number of amides is 1. The van der Waals surface area contributed by atoms with Gasteiger partial charge in [0, 0.05) is 10.0 Å². The second-order valence-corrected chi connectivity index (χ2v) is 4.72. The van der Waals surface area contributed by atoms with E-state index in [1.165, 1.54) is 6.26 Å². The highest BCUT2D eigenvalue weighted by Gasteiger charge is 2.13. The number of halogens is 1. The van der Waals surface area contributed by atoms with Gasteiger partial charge < -0.3 is 9.73 Å². The normalized spacial score (nSPS) is 10.3. The van der Waals surface area contributed by atoms with E-state index >= 15 is 0 Å². The molecule has 0 fully saturated rings. The van der Waals surface area contributed by atoms with Crippen molar-refractivity contribution in [3.05, 3.63) is 51.9 Å². The highest BCUT2D eigenvalue weighted by Crippen LogP contribution is 2.24. The predicted molar refractivity (Wildman–Crippen MR) is 70.3 cm³/mol. The summed E-state index contributed by atoms with van der Waals surface area (Å²) >= 11 is 3.40. The van der Waals surface area contributed by atoms with Crippen LogP contribution in [0.2, 0.25) is 0 Å². The Hall–Kier alpha value is -1.55. The molecule has 0 aliphatic heterocycles. The van der Waals surface area contributed by atoms with Gasteiger partial charge in [0.25, 0.3) is 5.91 Å². The summed E-state index contributed by atoms with van der Waals surface area (Å²) in [5.41, 5.74) is 2.65. The Morgan fingerprint density at radius 3 is 2.71 bits per heavy atom. The average Bonchev–Trinajstić information content (AvgIpc) is 2.70. The molecule has 0 radical (unpaired) electrons. The maximum absolute atomic E-state index is 11.9. The van der Waals surface area contributed by atoms with E-state index in [-0.39, 0.29) is 5.91 Å². The van der Waals surface area contributed by atoms with Gasteiger partial charge in [-0.2, -0.15) is 0 Å². The molecule has 17 heavy (non-hydrogen) atoms. The second kappa shape index (κ2) is 4.75. The van der Waals surface area contributed by atoms with Crippen LogP contribution in [0.15, 0.2) is 39.4 Å². The molecule has 88 valence electrons. The van der Waals surface area contributed by atoms with Crippen LogP contribution in [-0.2, 0) is 0 Å². The molecular formula is C13H12BrNO2. The first-order valence-corrected chi connectivity index (χ1v) is 5.99. The molecule has 3 nitrogen and oxygen atoms in total. The smallest absolute Gasteiger partial charge is 0.291 e. The van der Waals surface area contributed by atoms with E-state index < -0.39 is 0 Å². The number of carbonyl (C=O) groups excluding carboxylic acids is 1. The van der Waals surface area contributed by atoms with Crippen molar-refractivity contribution in [3.8, 4) is 0 Å². The number of anilines is 1. The summed E-state index contributed by atoms with van der Waals surface area (Å²) in [7, 11) is 0. The van der Waals surface area contributed by atoms with Gasteiger partial charge in [0.1, 0.15) is 0 Å². The number of hydrogen-bond donors (Lipinski definition) is 1. The average molecular weight is 294 g/mol. The summed E-state index contributed by atoms with van der Waals surface area (Å²) in [4.78, 5) is 11.9. The molecule has 4 heteroatoms. The lowest BCUT2D eigenvalue weighted by atomic mass is 10.2. The fourth-order valence-electron chi connectivity index (χ4n) is 1.52. The minimum atomic E-state index is -0.237. The fraction of sp³-hybridized carbons (Fsp3) is 0.154. The third-order valence-electron chi connectivity index (χ3n) is 2.44. The van der Waals surface area contributed by atoms with Gasteiger partial charge in [0.15, 0.2) is 5.76 Å². The van der Waals surface area contributed by atoms with Crippen LogP contribution in [-0.4, -0.2) is 5.91 Å². The molecule has 0 aliphatic rings. The SMILES string of the molecule is Cc1ccc(Br)c(NC(=O)c2occc2C)c1. The molecule has 1 amide bonds. The molecule has 1 aromatic heterocycles. The first kappa shape index (κ1) is 11.9. The summed E-state index contributed by atoms with van der Waals surface area (Å²) in [6.07, 6.45) is 1.51. The number of carbonyl (C=O) groups is 1. The van der Waals surface area contributed by atoms with Gasteiger partial charge in [-0.25, -0.2) is 0 Å². The predicted octanol–water partition coefficient (Wildman–Crippen LogP) is 3.91. The van der Waals surface area contributed by atoms with E-state index in [1.807, 2.05) is 32.0 Å². The standard InChI is InChI=1S/C13H12BrNO2/c1-8-3-4-10(14)11(7-8)15-13(16)12-9(2)5-6-17-12/h3-7H,1-2H3,(H,15,16). The van der Waals surface area contributed by atoms with Gasteiger partial charge in [0.05, 0.1) is 12.0 Å². The number of furan rings is 1. The Balaban J connectivity index is 2.24. The van der Waals surface area contributed by atoms with Crippen molar-refractivity contribution in [2.45, 2.75) is 13.8 Å². The van der Waals surface area contributed by atoms with Gasteiger partial charge in [-0.05, 0) is 53.5 Å². The van der Waals surface area contributed by atoms with E-state index in [2.05, 4.69) is 21.2 Å². The van der Waals surface area contributed by atoms with Crippen LogP contribution < -0.4 is 5.32 Å². The molecule has 0 unspecified atom stereocenters. The zero-order valence-corrected chi connectivity index (χ0v) is 11.2. The molecule has 0 aliphatic carbocycles. The Kier molecular flexibility index (Phi) is 3.33. The Morgan fingerprint density at radius 2 is 2.06 bits per heavy atom. The molecular weight excluding hydrogens is 282 g/mol. The van der Waals surface area contributed by atoms with Crippen molar-refractivity contribution in [2.75, 3.05) is 5.32 Å². The molecule has 1 N–H and O–H groups in total. The van der Waals surface area contributed by atoms with Crippen LogP contribution in [0, 0.1) is 13.8 Å². The van der Waals surface area contributed by atoms with Crippen LogP contribution in [0.4, 0.5) is 5.69 Å². The second-order valence-electron chi connectivity index (χ2n) is 3.87. The summed E-state index contributed by atoms with van der Waals surface area (Å²) in [5.74, 6) is 0.109. The van der Waals surface area contributed by atoms with Crippen LogP contribution in [0.5, 0.6) is 0 Å². The largest absolute Gasteiger partial charge is 0.459 e. The van der Waals surface area contributed by atoms with E-state index in [0.717, 1.165) is 21.3 Å². The summed E-state index contributed by atoms with van der Waals surface area (Å²) < 4.78 is 5.99. The van der Waals surface area contributed by atoms with Crippen molar-refractivity contribution in [2.24, 2.45) is 0 Å². The number of hydrogen-bond acceptors (Lipinski definition) is 2. The molecule has 0 spiro atoms. The highest BCUT2D eigenvalue weighted by atomic mass is 79.9. The lowest BCUT2D eigenvalue weighted by molar-refractivity contribution is 0.0996. The third-order valence-corrected chi connectivity index (χ3v) is 3.13. The van der Waals surface area contributed by atoms with Crippen molar-refractivity contribution >= 4 is 27.5 Å². The summed E-state index contributed by atoms with van der Waals surface area (Å²) in [5, 5.41) is 2.81. The minimum absolute atomic E-state index is 0.237.